The van der Waals surface area contributed by atoms with Crippen LogP contribution in [0.1, 0.15) is 11.6 Å². The Labute approximate surface area is 96.5 Å². The van der Waals surface area contributed by atoms with Gasteiger partial charge in [0.2, 0.25) is 0 Å². The zero-order chi connectivity index (χ0) is 11.4. The Kier molecular flexibility index (Phi) is 4.11. The minimum Gasteiger partial charge on any atom is -0.497 e. The number of rotatable bonds is 3. The number of esters is 1. The highest BCUT2D eigenvalue weighted by Crippen LogP contribution is 2.24. The first-order chi connectivity index (χ1) is 7.08. The largest absolute Gasteiger partial charge is 0.497 e. The highest BCUT2D eigenvalue weighted by Gasteiger charge is 2.17. The maximum atomic E-state index is 11.2. The van der Waals surface area contributed by atoms with Crippen LogP contribution in [0.15, 0.2) is 22.7 Å². The molecule has 15 heavy (non-hydrogen) atoms. The molecular formula is C10H12BrNO3. The third-order valence-electron chi connectivity index (χ3n) is 1.94. The Morgan fingerprint density at radius 1 is 1.40 bits per heavy atom. The molecule has 0 amide bonds. The summed E-state index contributed by atoms with van der Waals surface area (Å²) in [5.74, 6) is 0.161. The first-order valence-electron chi connectivity index (χ1n) is 4.26. The number of hydrogen-bond donors (Lipinski definition) is 1. The van der Waals surface area contributed by atoms with Crippen molar-refractivity contribution in [2.45, 2.75) is 6.04 Å². The molecule has 1 aromatic carbocycles. The normalized spacial score (nSPS) is 12.0. The summed E-state index contributed by atoms with van der Waals surface area (Å²) in [6.45, 7) is 0. The fourth-order valence-corrected chi connectivity index (χ4v) is 1.63. The Morgan fingerprint density at radius 2 is 2.07 bits per heavy atom. The van der Waals surface area contributed by atoms with Crippen molar-refractivity contribution in [1.82, 2.24) is 0 Å². The fraction of sp³-hybridized carbons (Fsp3) is 0.300. The molecule has 2 N–H and O–H groups in total. The van der Waals surface area contributed by atoms with Crippen LogP contribution in [0.4, 0.5) is 0 Å². The summed E-state index contributed by atoms with van der Waals surface area (Å²) in [5, 5.41) is 0. The molecule has 1 unspecified atom stereocenters. The first-order valence-corrected chi connectivity index (χ1v) is 5.05. The van der Waals surface area contributed by atoms with Crippen molar-refractivity contribution in [3.05, 3.63) is 28.2 Å². The summed E-state index contributed by atoms with van der Waals surface area (Å²) >= 11 is 3.31. The first kappa shape index (κ1) is 12.0. The lowest BCUT2D eigenvalue weighted by Crippen LogP contribution is -2.22. The number of carbonyl (C=O) groups excluding carboxylic acids is 1. The Bertz CT molecular complexity index is 368. The van der Waals surface area contributed by atoms with Crippen LogP contribution in [0.3, 0.4) is 0 Å². The van der Waals surface area contributed by atoms with Crippen molar-refractivity contribution in [3.8, 4) is 5.75 Å². The zero-order valence-corrected chi connectivity index (χ0v) is 10.1. The van der Waals surface area contributed by atoms with Crippen molar-refractivity contribution >= 4 is 21.9 Å². The molecular weight excluding hydrogens is 262 g/mol. The van der Waals surface area contributed by atoms with Crippen LogP contribution in [0.5, 0.6) is 5.75 Å². The van der Waals surface area contributed by atoms with E-state index in [0.29, 0.717) is 11.3 Å². The Morgan fingerprint density at radius 3 is 2.60 bits per heavy atom. The van der Waals surface area contributed by atoms with Gasteiger partial charge in [-0.2, -0.15) is 0 Å². The van der Waals surface area contributed by atoms with E-state index in [2.05, 4.69) is 20.7 Å². The molecule has 0 aliphatic carbocycles. The lowest BCUT2D eigenvalue weighted by atomic mass is 10.1. The van der Waals surface area contributed by atoms with Gasteiger partial charge >= 0.3 is 5.97 Å². The predicted molar refractivity (Wildman–Crippen MR) is 59.6 cm³/mol. The molecule has 0 radical (unpaired) electrons. The highest BCUT2D eigenvalue weighted by atomic mass is 79.9. The summed E-state index contributed by atoms with van der Waals surface area (Å²) in [6.07, 6.45) is 0. The molecule has 0 saturated heterocycles. The number of halogens is 1. The van der Waals surface area contributed by atoms with Gasteiger partial charge < -0.3 is 15.2 Å². The minimum absolute atomic E-state index is 0.477. The van der Waals surface area contributed by atoms with Gasteiger partial charge in [0.05, 0.1) is 14.2 Å². The van der Waals surface area contributed by atoms with Crippen LogP contribution < -0.4 is 10.5 Å². The Hall–Kier alpha value is -1.07. The van der Waals surface area contributed by atoms with E-state index in [-0.39, 0.29) is 0 Å². The lowest BCUT2D eigenvalue weighted by Gasteiger charge is -2.11. The summed E-state index contributed by atoms with van der Waals surface area (Å²) in [4.78, 5) is 11.2. The third kappa shape index (κ3) is 2.94. The summed E-state index contributed by atoms with van der Waals surface area (Å²) in [7, 11) is 2.85. The predicted octanol–water partition coefficient (Wildman–Crippen LogP) is 1.63. The van der Waals surface area contributed by atoms with Crippen molar-refractivity contribution in [2.24, 2.45) is 5.73 Å². The van der Waals surface area contributed by atoms with Gasteiger partial charge in [0.15, 0.2) is 0 Å². The van der Waals surface area contributed by atoms with Gasteiger partial charge in [0.25, 0.3) is 0 Å². The number of benzene rings is 1. The number of ether oxygens (including phenoxy) is 2. The van der Waals surface area contributed by atoms with E-state index in [0.717, 1.165) is 4.47 Å². The molecule has 0 bridgehead atoms. The Balaban J connectivity index is 3.03. The van der Waals surface area contributed by atoms with E-state index in [1.54, 1.807) is 25.3 Å². The molecule has 0 aliphatic rings. The maximum absolute atomic E-state index is 11.2. The van der Waals surface area contributed by atoms with Gasteiger partial charge in [0.1, 0.15) is 11.8 Å². The van der Waals surface area contributed by atoms with Gasteiger partial charge in [-0.1, -0.05) is 15.9 Å². The second-order valence-corrected chi connectivity index (χ2v) is 3.84. The van der Waals surface area contributed by atoms with Crippen LogP contribution >= 0.6 is 15.9 Å². The average Bonchev–Trinajstić information content (AvgIpc) is 2.26. The van der Waals surface area contributed by atoms with Gasteiger partial charge in [0, 0.05) is 4.47 Å². The van der Waals surface area contributed by atoms with Crippen LogP contribution in [0.25, 0.3) is 0 Å². The van der Waals surface area contributed by atoms with Crippen LogP contribution in [-0.4, -0.2) is 20.2 Å². The fourth-order valence-electron chi connectivity index (χ4n) is 1.14. The maximum Gasteiger partial charge on any atom is 0.327 e. The number of nitrogens with two attached hydrogens (primary N) is 1. The van der Waals surface area contributed by atoms with Gasteiger partial charge in [-0.25, -0.2) is 0 Å². The van der Waals surface area contributed by atoms with Crippen LogP contribution in [0, 0.1) is 0 Å². The molecule has 0 saturated carbocycles. The number of methoxy groups -OCH3 is 2. The van der Waals surface area contributed by atoms with E-state index >= 15 is 0 Å². The number of hydrogen-bond acceptors (Lipinski definition) is 4. The van der Waals surface area contributed by atoms with E-state index in [1.807, 2.05) is 0 Å². The van der Waals surface area contributed by atoms with E-state index in [1.165, 1.54) is 7.11 Å². The molecule has 0 aromatic heterocycles. The topological polar surface area (TPSA) is 61.5 Å². The van der Waals surface area contributed by atoms with Gasteiger partial charge in [-0.3, -0.25) is 4.79 Å². The van der Waals surface area contributed by atoms with E-state index in [4.69, 9.17) is 10.5 Å². The summed E-state index contributed by atoms with van der Waals surface area (Å²) in [6, 6.07) is 4.45. The van der Waals surface area contributed by atoms with Crippen molar-refractivity contribution in [3.63, 3.8) is 0 Å². The van der Waals surface area contributed by atoms with Crippen molar-refractivity contribution in [1.29, 1.82) is 0 Å². The summed E-state index contributed by atoms with van der Waals surface area (Å²) in [5.41, 5.74) is 6.34. The van der Waals surface area contributed by atoms with Crippen molar-refractivity contribution in [2.75, 3.05) is 14.2 Å². The number of carbonyl (C=O) groups is 1. The molecule has 5 heteroatoms. The third-order valence-corrected chi connectivity index (χ3v) is 2.40. The van der Waals surface area contributed by atoms with Crippen molar-refractivity contribution < 1.29 is 14.3 Å². The minimum atomic E-state index is -0.790. The monoisotopic (exact) mass is 273 g/mol. The molecule has 0 fully saturated rings. The molecule has 1 rings (SSSR count). The molecule has 4 nitrogen and oxygen atoms in total. The molecule has 1 aromatic rings. The molecule has 1 atom stereocenters. The average molecular weight is 274 g/mol. The van der Waals surface area contributed by atoms with Crippen LogP contribution in [0.2, 0.25) is 0 Å². The van der Waals surface area contributed by atoms with Crippen LogP contribution in [-0.2, 0) is 9.53 Å². The second kappa shape index (κ2) is 5.14. The molecule has 0 spiro atoms. The second-order valence-electron chi connectivity index (χ2n) is 2.93. The highest BCUT2D eigenvalue weighted by molar-refractivity contribution is 9.10. The molecule has 0 heterocycles. The molecule has 82 valence electrons. The smallest absolute Gasteiger partial charge is 0.327 e. The van der Waals surface area contributed by atoms with E-state index in [9.17, 15) is 4.79 Å². The lowest BCUT2D eigenvalue weighted by molar-refractivity contribution is -0.142. The standard InChI is InChI=1S/C10H12BrNO3/c1-14-8-4-6(3-7(11)5-8)9(12)10(13)15-2/h3-5,9H,12H2,1-2H3. The summed E-state index contributed by atoms with van der Waals surface area (Å²) < 4.78 is 10.4. The quantitative estimate of drug-likeness (QED) is 0.851. The van der Waals surface area contributed by atoms with Gasteiger partial charge in [-0.15, -0.1) is 0 Å². The molecule has 0 aliphatic heterocycles. The van der Waals surface area contributed by atoms with E-state index < -0.39 is 12.0 Å². The van der Waals surface area contributed by atoms with Gasteiger partial charge in [-0.05, 0) is 23.8 Å². The SMILES string of the molecule is COC(=O)C(N)c1cc(Br)cc(OC)c1. The zero-order valence-electron chi connectivity index (χ0n) is 8.49.